The second-order valence-corrected chi connectivity index (χ2v) is 8.41. The molecule has 0 saturated heterocycles. The molecule has 1 atom stereocenters. The number of amides is 1. The SMILES string of the molecule is CCC[C@H](C)NC(=O)CN(Cc1ccccc1)S(=O)(=O)c1ccc(F)cc1. The molecule has 0 spiro atoms. The van der Waals surface area contributed by atoms with Crippen LogP contribution in [0.15, 0.2) is 59.5 Å². The Balaban J connectivity index is 2.26. The Morgan fingerprint density at radius 1 is 1.11 bits per heavy atom. The van der Waals surface area contributed by atoms with Gasteiger partial charge in [-0.3, -0.25) is 4.79 Å². The quantitative estimate of drug-likeness (QED) is 0.712. The molecule has 0 radical (unpaired) electrons. The minimum atomic E-state index is -3.95. The molecule has 2 rings (SSSR count). The van der Waals surface area contributed by atoms with Crippen LogP contribution in [0.5, 0.6) is 0 Å². The third kappa shape index (κ3) is 6.15. The Labute approximate surface area is 160 Å². The highest BCUT2D eigenvalue weighted by Gasteiger charge is 2.27. The first kappa shape index (κ1) is 21.1. The van der Waals surface area contributed by atoms with Gasteiger partial charge in [0.15, 0.2) is 0 Å². The highest BCUT2D eigenvalue weighted by atomic mass is 32.2. The largest absolute Gasteiger partial charge is 0.353 e. The molecule has 2 aromatic rings. The number of carbonyl (C=O) groups is 1. The average Bonchev–Trinajstić information content (AvgIpc) is 2.62. The normalized spacial score (nSPS) is 12.7. The molecule has 146 valence electrons. The summed E-state index contributed by atoms with van der Waals surface area (Å²) in [7, 11) is -3.95. The molecule has 0 heterocycles. The van der Waals surface area contributed by atoms with Gasteiger partial charge in [-0.2, -0.15) is 4.31 Å². The third-order valence-corrected chi connectivity index (χ3v) is 5.91. The number of nitrogens with zero attached hydrogens (tertiary/aromatic N) is 1. The first-order valence-electron chi connectivity index (χ1n) is 8.92. The number of halogens is 1. The summed E-state index contributed by atoms with van der Waals surface area (Å²) < 4.78 is 40.3. The lowest BCUT2D eigenvalue weighted by Crippen LogP contribution is -2.43. The number of nitrogens with one attached hydrogen (secondary N) is 1. The molecular weight excluding hydrogens is 367 g/mol. The van der Waals surface area contributed by atoms with Crippen molar-refractivity contribution < 1.29 is 17.6 Å². The summed E-state index contributed by atoms with van der Waals surface area (Å²) in [5, 5.41) is 2.82. The summed E-state index contributed by atoms with van der Waals surface area (Å²) in [6.07, 6.45) is 1.73. The van der Waals surface area contributed by atoms with E-state index in [0.29, 0.717) is 0 Å². The zero-order valence-corrected chi connectivity index (χ0v) is 16.4. The lowest BCUT2D eigenvalue weighted by molar-refractivity contribution is -0.122. The fourth-order valence-electron chi connectivity index (χ4n) is 2.75. The minimum absolute atomic E-state index is 0.0328. The van der Waals surface area contributed by atoms with E-state index in [2.05, 4.69) is 5.32 Å². The number of hydrogen-bond donors (Lipinski definition) is 1. The van der Waals surface area contributed by atoms with E-state index < -0.39 is 15.8 Å². The van der Waals surface area contributed by atoms with E-state index in [1.165, 1.54) is 12.1 Å². The topological polar surface area (TPSA) is 66.5 Å². The number of carbonyl (C=O) groups excluding carboxylic acids is 1. The monoisotopic (exact) mass is 392 g/mol. The van der Waals surface area contributed by atoms with Crippen molar-refractivity contribution in [1.82, 2.24) is 9.62 Å². The van der Waals surface area contributed by atoms with E-state index in [1.54, 1.807) is 24.3 Å². The van der Waals surface area contributed by atoms with Gasteiger partial charge in [-0.1, -0.05) is 43.7 Å². The van der Waals surface area contributed by atoms with Gasteiger partial charge in [0.1, 0.15) is 5.82 Å². The molecule has 0 fully saturated rings. The van der Waals surface area contributed by atoms with Gasteiger partial charge in [-0.15, -0.1) is 0 Å². The fraction of sp³-hybridized carbons (Fsp3) is 0.350. The van der Waals surface area contributed by atoms with Crippen molar-refractivity contribution in [1.29, 1.82) is 0 Å². The van der Waals surface area contributed by atoms with Crippen LogP contribution >= 0.6 is 0 Å². The first-order chi connectivity index (χ1) is 12.8. The van der Waals surface area contributed by atoms with Crippen molar-refractivity contribution in [2.45, 2.75) is 44.2 Å². The first-order valence-corrected chi connectivity index (χ1v) is 10.4. The summed E-state index contributed by atoms with van der Waals surface area (Å²) in [6.45, 7) is 3.65. The second kappa shape index (κ2) is 9.62. The lowest BCUT2D eigenvalue weighted by atomic mass is 10.2. The lowest BCUT2D eigenvalue weighted by Gasteiger charge is -2.23. The Hall–Kier alpha value is -2.25. The highest BCUT2D eigenvalue weighted by Crippen LogP contribution is 2.19. The fourth-order valence-corrected chi connectivity index (χ4v) is 4.14. The molecule has 7 heteroatoms. The Kier molecular flexibility index (Phi) is 7.50. The zero-order valence-electron chi connectivity index (χ0n) is 15.6. The standard InChI is InChI=1S/C20H25FN2O3S/c1-3-7-16(2)22-20(24)15-23(14-17-8-5-4-6-9-17)27(25,26)19-12-10-18(21)11-13-19/h4-6,8-13,16H,3,7,14-15H2,1-2H3,(H,22,24)/t16-/m0/s1. The molecule has 0 aliphatic rings. The summed E-state index contributed by atoms with van der Waals surface area (Å²) in [6, 6.07) is 13.6. The van der Waals surface area contributed by atoms with Gasteiger partial charge < -0.3 is 5.32 Å². The molecule has 27 heavy (non-hydrogen) atoms. The minimum Gasteiger partial charge on any atom is -0.353 e. The maximum Gasteiger partial charge on any atom is 0.243 e. The zero-order chi connectivity index (χ0) is 19.9. The van der Waals surface area contributed by atoms with Crippen LogP contribution in [0.1, 0.15) is 32.3 Å². The van der Waals surface area contributed by atoms with Crippen LogP contribution < -0.4 is 5.32 Å². The molecule has 0 unspecified atom stereocenters. The Bertz CT molecular complexity index is 839. The van der Waals surface area contributed by atoms with Crippen molar-refractivity contribution in [3.63, 3.8) is 0 Å². The van der Waals surface area contributed by atoms with E-state index in [4.69, 9.17) is 0 Å². The molecule has 0 bridgehead atoms. The van der Waals surface area contributed by atoms with Crippen LogP contribution in [0.25, 0.3) is 0 Å². The van der Waals surface area contributed by atoms with Crippen molar-refractivity contribution >= 4 is 15.9 Å². The highest BCUT2D eigenvalue weighted by molar-refractivity contribution is 7.89. The smallest absolute Gasteiger partial charge is 0.243 e. The van der Waals surface area contributed by atoms with Crippen LogP contribution in [0.3, 0.4) is 0 Å². The number of sulfonamides is 1. The molecule has 5 nitrogen and oxygen atoms in total. The summed E-state index contributed by atoms with van der Waals surface area (Å²) >= 11 is 0. The molecule has 1 N–H and O–H groups in total. The predicted molar refractivity (Wildman–Crippen MR) is 103 cm³/mol. The molecule has 0 saturated carbocycles. The van der Waals surface area contributed by atoms with Crippen LogP contribution in [0, 0.1) is 5.82 Å². The Morgan fingerprint density at radius 3 is 2.33 bits per heavy atom. The Morgan fingerprint density at radius 2 is 1.74 bits per heavy atom. The van der Waals surface area contributed by atoms with E-state index in [0.717, 1.165) is 34.8 Å². The van der Waals surface area contributed by atoms with Crippen molar-refractivity contribution in [2.24, 2.45) is 0 Å². The third-order valence-electron chi connectivity index (χ3n) is 4.10. The van der Waals surface area contributed by atoms with E-state index in [-0.39, 0.29) is 29.9 Å². The van der Waals surface area contributed by atoms with Crippen molar-refractivity contribution in [3.05, 3.63) is 66.0 Å². The van der Waals surface area contributed by atoms with E-state index in [1.807, 2.05) is 19.9 Å². The van der Waals surface area contributed by atoms with Crippen molar-refractivity contribution in [3.8, 4) is 0 Å². The number of rotatable bonds is 9. The summed E-state index contributed by atoms with van der Waals surface area (Å²) in [5.74, 6) is -0.882. The predicted octanol–water partition coefficient (Wildman–Crippen LogP) is 3.32. The molecule has 2 aromatic carbocycles. The van der Waals surface area contributed by atoms with Gasteiger partial charge in [0.25, 0.3) is 0 Å². The number of benzene rings is 2. The summed E-state index contributed by atoms with van der Waals surface area (Å²) in [5.41, 5.74) is 0.762. The molecule has 0 aliphatic heterocycles. The van der Waals surface area contributed by atoms with Crippen LogP contribution in [-0.4, -0.2) is 31.2 Å². The molecule has 0 aromatic heterocycles. The maximum atomic E-state index is 13.2. The second-order valence-electron chi connectivity index (χ2n) is 6.47. The molecular formula is C20H25FN2O3S. The van der Waals surface area contributed by atoms with Crippen molar-refractivity contribution in [2.75, 3.05) is 6.54 Å². The maximum absolute atomic E-state index is 13.2. The van der Waals surface area contributed by atoms with Gasteiger partial charge in [0.2, 0.25) is 15.9 Å². The van der Waals surface area contributed by atoms with Crippen LogP contribution in [-0.2, 0) is 21.4 Å². The summed E-state index contributed by atoms with van der Waals surface area (Å²) in [4.78, 5) is 12.3. The van der Waals surface area contributed by atoms with Crippen LogP contribution in [0.4, 0.5) is 4.39 Å². The van der Waals surface area contributed by atoms with Crippen LogP contribution in [0.2, 0.25) is 0 Å². The van der Waals surface area contributed by atoms with Gasteiger partial charge >= 0.3 is 0 Å². The van der Waals surface area contributed by atoms with Gasteiger partial charge in [0.05, 0.1) is 11.4 Å². The van der Waals surface area contributed by atoms with Gasteiger partial charge in [-0.05, 0) is 43.2 Å². The number of hydrogen-bond acceptors (Lipinski definition) is 3. The van der Waals surface area contributed by atoms with E-state index in [9.17, 15) is 17.6 Å². The van der Waals surface area contributed by atoms with Gasteiger partial charge in [0, 0.05) is 12.6 Å². The average molecular weight is 392 g/mol. The molecule has 1 amide bonds. The molecule has 0 aliphatic carbocycles. The van der Waals surface area contributed by atoms with Gasteiger partial charge in [-0.25, -0.2) is 12.8 Å². The van der Waals surface area contributed by atoms with E-state index >= 15 is 0 Å².